The first-order chi connectivity index (χ1) is 13.5. The molecule has 0 saturated carbocycles. The Morgan fingerprint density at radius 3 is 2.86 bits per heavy atom. The molecule has 0 spiro atoms. The van der Waals surface area contributed by atoms with Crippen molar-refractivity contribution in [3.05, 3.63) is 58.0 Å². The molecule has 1 atom stereocenters. The highest BCUT2D eigenvalue weighted by molar-refractivity contribution is 5.92. The summed E-state index contributed by atoms with van der Waals surface area (Å²) < 4.78 is 32.4. The second-order valence-corrected chi connectivity index (χ2v) is 6.77. The van der Waals surface area contributed by atoms with Crippen molar-refractivity contribution in [2.24, 2.45) is 0 Å². The number of carbonyl (C=O) groups excluding carboxylic acids is 1. The van der Waals surface area contributed by atoms with Crippen LogP contribution in [0.1, 0.15) is 41.0 Å². The lowest BCUT2D eigenvalue weighted by Crippen LogP contribution is -2.36. The van der Waals surface area contributed by atoms with Gasteiger partial charge in [0.25, 0.3) is 17.9 Å². The van der Waals surface area contributed by atoms with Gasteiger partial charge in [0.05, 0.1) is 23.5 Å². The Morgan fingerprint density at radius 1 is 1.36 bits per heavy atom. The van der Waals surface area contributed by atoms with Crippen LogP contribution in [0.4, 0.5) is 8.78 Å². The molecular weight excluding hydrogens is 370 g/mol. The fourth-order valence-corrected chi connectivity index (χ4v) is 3.65. The van der Waals surface area contributed by atoms with E-state index in [-0.39, 0.29) is 22.8 Å². The molecule has 3 heterocycles. The summed E-state index contributed by atoms with van der Waals surface area (Å²) in [6, 6.07) is 7.56. The summed E-state index contributed by atoms with van der Waals surface area (Å²) in [5, 5.41) is 4.02. The molecule has 3 aromatic rings. The molecule has 1 unspecified atom stereocenters. The average Bonchev–Trinajstić information content (AvgIpc) is 3.32. The van der Waals surface area contributed by atoms with Crippen molar-refractivity contribution in [3.63, 3.8) is 0 Å². The third kappa shape index (κ3) is 3.17. The minimum atomic E-state index is -2.72. The standard InChI is InChI=1S/C19H18F2N4O3/c1-11-9-14(23-28-11)19(27)24-8-4-7-15(24)17-22-13-6-3-2-5-12(13)18(26)25(17)10-16(20)21/h2-3,5-6,9,15-16H,4,7-8,10H2,1H3. The number of hydrogen-bond acceptors (Lipinski definition) is 5. The van der Waals surface area contributed by atoms with Crippen LogP contribution in [0.2, 0.25) is 0 Å². The molecule has 1 saturated heterocycles. The lowest BCUT2D eigenvalue weighted by Gasteiger charge is -2.26. The van der Waals surface area contributed by atoms with Crippen LogP contribution in [0.5, 0.6) is 0 Å². The number of fused-ring (bicyclic) bond motifs is 1. The fraction of sp³-hybridized carbons (Fsp3) is 0.368. The van der Waals surface area contributed by atoms with Crippen molar-refractivity contribution >= 4 is 16.8 Å². The van der Waals surface area contributed by atoms with Crippen molar-refractivity contribution in [1.82, 2.24) is 19.6 Å². The van der Waals surface area contributed by atoms with Gasteiger partial charge in [0.2, 0.25) is 0 Å². The van der Waals surface area contributed by atoms with Crippen LogP contribution >= 0.6 is 0 Å². The van der Waals surface area contributed by atoms with Gasteiger partial charge in [0, 0.05) is 12.6 Å². The number of aryl methyl sites for hydroxylation is 1. The fourth-order valence-electron chi connectivity index (χ4n) is 3.65. The number of hydrogen-bond donors (Lipinski definition) is 0. The number of likely N-dealkylation sites (tertiary alicyclic amines) is 1. The molecule has 0 aliphatic carbocycles. The molecule has 7 nitrogen and oxygen atoms in total. The molecule has 1 amide bonds. The highest BCUT2D eigenvalue weighted by Gasteiger charge is 2.35. The van der Waals surface area contributed by atoms with E-state index in [9.17, 15) is 18.4 Å². The van der Waals surface area contributed by atoms with Crippen molar-refractivity contribution in [2.45, 2.75) is 38.8 Å². The van der Waals surface area contributed by atoms with Crippen LogP contribution < -0.4 is 5.56 Å². The molecule has 1 fully saturated rings. The zero-order chi connectivity index (χ0) is 19.8. The van der Waals surface area contributed by atoms with Gasteiger partial charge >= 0.3 is 0 Å². The van der Waals surface area contributed by atoms with Crippen LogP contribution in [-0.4, -0.2) is 38.5 Å². The number of nitrogens with zero attached hydrogens (tertiary/aromatic N) is 4. The first-order valence-corrected chi connectivity index (χ1v) is 8.97. The number of amides is 1. The summed E-state index contributed by atoms with van der Waals surface area (Å²) in [5.41, 5.74) is 0.0371. The maximum Gasteiger partial charge on any atom is 0.276 e. The number of benzene rings is 1. The zero-order valence-electron chi connectivity index (χ0n) is 15.1. The Kier molecular flexibility index (Phi) is 4.66. The smallest absolute Gasteiger partial charge is 0.276 e. The predicted molar refractivity (Wildman–Crippen MR) is 96.3 cm³/mol. The van der Waals surface area contributed by atoms with E-state index in [4.69, 9.17) is 4.52 Å². The zero-order valence-corrected chi connectivity index (χ0v) is 15.1. The third-order valence-corrected chi connectivity index (χ3v) is 4.87. The van der Waals surface area contributed by atoms with Crippen LogP contribution in [-0.2, 0) is 6.54 Å². The van der Waals surface area contributed by atoms with Crippen molar-refractivity contribution in [3.8, 4) is 0 Å². The minimum Gasteiger partial charge on any atom is -0.361 e. The molecule has 4 rings (SSSR count). The van der Waals surface area contributed by atoms with Gasteiger partial charge in [-0.3, -0.25) is 14.2 Å². The second kappa shape index (κ2) is 7.14. The highest BCUT2D eigenvalue weighted by atomic mass is 19.3. The third-order valence-electron chi connectivity index (χ3n) is 4.87. The van der Waals surface area contributed by atoms with Gasteiger partial charge in [-0.2, -0.15) is 0 Å². The van der Waals surface area contributed by atoms with Crippen molar-refractivity contribution in [1.29, 1.82) is 0 Å². The maximum atomic E-state index is 13.2. The van der Waals surface area contributed by atoms with Crippen molar-refractivity contribution < 1.29 is 18.1 Å². The lowest BCUT2D eigenvalue weighted by molar-refractivity contribution is 0.0710. The Hall–Kier alpha value is -3.10. The van der Waals surface area contributed by atoms with Gasteiger partial charge in [-0.25, -0.2) is 13.8 Å². The van der Waals surface area contributed by atoms with E-state index >= 15 is 0 Å². The number of para-hydroxylation sites is 1. The molecule has 9 heteroatoms. The molecule has 2 aromatic heterocycles. The minimum absolute atomic E-state index is 0.146. The first kappa shape index (κ1) is 18.3. The van der Waals surface area contributed by atoms with Gasteiger partial charge in [0.15, 0.2) is 5.69 Å². The van der Waals surface area contributed by atoms with Crippen LogP contribution in [0.25, 0.3) is 10.9 Å². The predicted octanol–water partition coefficient (Wildman–Crippen LogP) is 2.94. The number of halogens is 2. The largest absolute Gasteiger partial charge is 0.361 e. The Bertz CT molecular complexity index is 1090. The van der Waals surface area contributed by atoms with Crippen LogP contribution in [0, 0.1) is 6.92 Å². The van der Waals surface area contributed by atoms with E-state index in [0.29, 0.717) is 30.7 Å². The Balaban J connectivity index is 1.82. The summed E-state index contributed by atoms with van der Waals surface area (Å²) in [5.74, 6) is 0.304. The monoisotopic (exact) mass is 388 g/mol. The van der Waals surface area contributed by atoms with E-state index < -0.39 is 24.6 Å². The normalized spacial score (nSPS) is 17.0. The molecule has 0 bridgehead atoms. The van der Waals surface area contributed by atoms with E-state index in [1.165, 1.54) is 11.0 Å². The highest BCUT2D eigenvalue weighted by Crippen LogP contribution is 2.32. The molecule has 1 aliphatic heterocycles. The number of alkyl halides is 2. The summed E-state index contributed by atoms with van der Waals surface area (Å²) in [6.07, 6.45) is -1.52. The van der Waals surface area contributed by atoms with E-state index in [1.54, 1.807) is 31.2 Å². The molecule has 1 aromatic carbocycles. The quantitative estimate of drug-likeness (QED) is 0.686. The number of rotatable bonds is 4. The summed E-state index contributed by atoms with van der Waals surface area (Å²) in [6.45, 7) is 1.33. The van der Waals surface area contributed by atoms with Gasteiger partial charge in [0.1, 0.15) is 11.6 Å². The van der Waals surface area contributed by atoms with Crippen LogP contribution in [0.3, 0.4) is 0 Å². The SMILES string of the molecule is Cc1cc(C(=O)N2CCCC2c2nc3ccccc3c(=O)n2CC(F)F)no1. The summed E-state index contributed by atoms with van der Waals surface area (Å²) in [7, 11) is 0. The Labute approximate surface area is 158 Å². The summed E-state index contributed by atoms with van der Waals surface area (Å²) in [4.78, 5) is 31.7. The van der Waals surface area contributed by atoms with Crippen molar-refractivity contribution in [2.75, 3.05) is 6.54 Å². The molecule has 146 valence electrons. The van der Waals surface area contributed by atoms with Gasteiger partial charge in [-0.05, 0) is 31.9 Å². The molecule has 0 radical (unpaired) electrons. The average molecular weight is 388 g/mol. The molecule has 0 N–H and O–H groups in total. The molecular formula is C19H18F2N4O3. The second-order valence-electron chi connectivity index (χ2n) is 6.77. The topological polar surface area (TPSA) is 81.2 Å². The van der Waals surface area contributed by atoms with E-state index in [2.05, 4.69) is 10.1 Å². The molecule has 28 heavy (non-hydrogen) atoms. The first-order valence-electron chi connectivity index (χ1n) is 8.97. The van der Waals surface area contributed by atoms with Gasteiger partial charge in [-0.15, -0.1) is 0 Å². The molecule has 1 aliphatic rings. The summed E-state index contributed by atoms with van der Waals surface area (Å²) >= 11 is 0. The number of carbonyl (C=O) groups is 1. The Morgan fingerprint density at radius 2 is 2.14 bits per heavy atom. The van der Waals surface area contributed by atoms with Gasteiger partial charge in [-0.1, -0.05) is 17.3 Å². The maximum absolute atomic E-state index is 13.2. The number of aromatic nitrogens is 3. The van der Waals surface area contributed by atoms with Crippen LogP contribution in [0.15, 0.2) is 39.6 Å². The van der Waals surface area contributed by atoms with Gasteiger partial charge < -0.3 is 9.42 Å². The van der Waals surface area contributed by atoms with E-state index in [0.717, 1.165) is 4.57 Å². The van der Waals surface area contributed by atoms with E-state index in [1.807, 2.05) is 0 Å². The lowest BCUT2D eigenvalue weighted by atomic mass is 10.1.